The highest BCUT2D eigenvalue weighted by atomic mass is 19.3. The fraction of sp³-hybridized carbons (Fsp3) is 0.733. The Bertz CT molecular complexity index is 3210. The lowest BCUT2D eigenvalue weighted by atomic mass is 9.86. The molecule has 0 aromatic heterocycles. The zero-order chi connectivity index (χ0) is 85.4. The number of aliphatic carboxylic acids is 1. The van der Waals surface area contributed by atoms with Crippen molar-refractivity contribution in [2.75, 3.05) is 178 Å². The molecule has 16 rings (SSSR count). The molecule has 4 N–H and O–H groups in total. The molecule has 12 aliphatic heterocycles. The van der Waals surface area contributed by atoms with Crippen molar-refractivity contribution in [2.45, 2.75) is 241 Å². The van der Waals surface area contributed by atoms with Gasteiger partial charge in [-0.15, -0.1) is 0 Å². The van der Waals surface area contributed by atoms with Crippen molar-refractivity contribution in [3.8, 4) is 0 Å². The maximum Gasteiger partial charge on any atom is 0.410 e. The third-order valence-electron chi connectivity index (χ3n) is 26.8. The normalized spacial score (nSPS) is 20.8. The highest BCUT2D eigenvalue weighted by molar-refractivity contribution is 5.75. The molecule has 3 radical (unpaired) electrons. The van der Waals surface area contributed by atoms with Crippen LogP contribution in [0.5, 0.6) is 0 Å². The van der Waals surface area contributed by atoms with Gasteiger partial charge in [-0.1, -0.05) is 143 Å². The maximum absolute atomic E-state index is 12.1. The van der Waals surface area contributed by atoms with E-state index in [4.69, 9.17) is 29.2 Å². The van der Waals surface area contributed by atoms with Gasteiger partial charge in [0.1, 0.15) is 5.60 Å². The number of carboxylic acid groups (broad SMARTS) is 1. The molecular formula is C101H168BF2N10O8. The SMILES string of the molecule is C.C1CCOC1.C1CCOC1.CC(=O)N1CCC(CCC2CN(Cc3ccccc3)C2)CC1.CC(C)(C)OC(=O)N1CCC(CCC2CN(Cc3ccccc3)C2)CC1.CCN1CCC(CCC2CN(Cc3ccccc3)C2)CC1.CCN1CCC(CCC2CNC2)CC1.CO.O=C(O)C(F)F.[B].c1ccc(CN2CC(CCC3CCNCC3)C2)cc1. The molecule has 12 fully saturated rings. The number of amides is 2. The van der Waals surface area contributed by atoms with Crippen molar-refractivity contribution in [3.63, 3.8) is 0 Å². The van der Waals surface area contributed by atoms with Gasteiger partial charge in [-0.3, -0.25) is 24.4 Å². The Balaban J connectivity index is 0.000000225. The lowest BCUT2D eigenvalue weighted by Crippen LogP contribution is -2.46. The summed E-state index contributed by atoms with van der Waals surface area (Å²) >= 11 is 0. The number of hydrogen-bond donors (Lipinski definition) is 4. The van der Waals surface area contributed by atoms with E-state index < -0.39 is 18.0 Å². The van der Waals surface area contributed by atoms with Gasteiger partial charge in [0.2, 0.25) is 5.91 Å². The number of aliphatic hydroxyl groups excluding tert-OH is 1. The first-order valence-corrected chi connectivity index (χ1v) is 47.6. The van der Waals surface area contributed by atoms with Gasteiger partial charge in [0.25, 0.3) is 0 Å². The molecule has 0 saturated carbocycles. The Morgan fingerprint density at radius 1 is 0.402 bits per heavy atom. The molecule has 12 heterocycles. The second-order valence-electron chi connectivity index (χ2n) is 37.7. The summed E-state index contributed by atoms with van der Waals surface area (Å²) in [7, 11) is 1.00. The molecule has 122 heavy (non-hydrogen) atoms. The number of benzene rings is 4. The van der Waals surface area contributed by atoms with Crippen molar-refractivity contribution in [1.29, 1.82) is 0 Å². The number of ether oxygens (including phenoxy) is 3. The summed E-state index contributed by atoms with van der Waals surface area (Å²) in [5, 5.41) is 21.1. The Morgan fingerprint density at radius 2 is 0.656 bits per heavy atom. The third kappa shape index (κ3) is 43.4. The van der Waals surface area contributed by atoms with Crippen LogP contribution in [0.2, 0.25) is 0 Å². The molecule has 2 amide bonds. The minimum absolute atomic E-state index is 0. The summed E-state index contributed by atoms with van der Waals surface area (Å²) in [5.41, 5.74) is 5.37. The molecule has 4 aromatic rings. The van der Waals surface area contributed by atoms with E-state index in [0.29, 0.717) is 0 Å². The summed E-state index contributed by atoms with van der Waals surface area (Å²) in [4.78, 5) is 51.8. The largest absolute Gasteiger partial charge is 0.477 e. The van der Waals surface area contributed by atoms with Crippen LogP contribution in [0.1, 0.15) is 225 Å². The zero-order valence-corrected chi connectivity index (χ0v) is 76.3. The van der Waals surface area contributed by atoms with Gasteiger partial charge in [-0.2, -0.15) is 8.78 Å². The number of rotatable bonds is 26. The molecule has 0 bridgehead atoms. The Hall–Kier alpha value is -5.43. The molecule has 0 spiro atoms. The van der Waals surface area contributed by atoms with Crippen molar-refractivity contribution in [2.24, 2.45) is 59.2 Å². The van der Waals surface area contributed by atoms with Crippen LogP contribution in [0, 0.1) is 59.2 Å². The lowest BCUT2D eigenvalue weighted by molar-refractivity contribution is -0.149. The van der Waals surface area contributed by atoms with Gasteiger partial charge in [0.15, 0.2) is 0 Å². The predicted octanol–water partition coefficient (Wildman–Crippen LogP) is 17.7. The van der Waals surface area contributed by atoms with Gasteiger partial charge in [-0.05, 0) is 322 Å². The topological polar surface area (TPSA) is 169 Å². The Labute approximate surface area is 741 Å². The van der Waals surface area contributed by atoms with E-state index in [2.05, 4.69) is 175 Å². The molecule has 21 heteroatoms. The highest BCUT2D eigenvalue weighted by Gasteiger charge is 2.34. The molecule has 687 valence electrons. The predicted molar refractivity (Wildman–Crippen MR) is 499 cm³/mol. The number of piperidine rings is 5. The smallest absolute Gasteiger partial charge is 0.410 e. The number of halogens is 2. The summed E-state index contributed by atoms with van der Waals surface area (Å²) in [5.74, 6) is 7.56. The van der Waals surface area contributed by atoms with Crippen LogP contribution in [0.25, 0.3) is 0 Å². The van der Waals surface area contributed by atoms with E-state index >= 15 is 0 Å². The fourth-order valence-electron chi connectivity index (χ4n) is 18.9. The number of aliphatic hydroxyl groups is 1. The number of nitrogens with one attached hydrogen (secondary N) is 2. The minimum atomic E-state index is -3.23. The number of likely N-dealkylation sites (tertiary alicyclic amines) is 8. The van der Waals surface area contributed by atoms with Crippen LogP contribution >= 0.6 is 0 Å². The van der Waals surface area contributed by atoms with Crippen molar-refractivity contribution in [3.05, 3.63) is 144 Å². The van der Waals surface area contributed by atoms with E-state index in [9.17, 15) is 18.4 Å². The molecule has 0 atom stereocenters. The lowest BCUT2D eigenvalue weighted by Gasteiger charge is -2.40. The third-order valence-corrected chi connectivity index (χ3v) is 26.8. The number of carbonyl (C=O) groups excluding carboxylic acids is 2. The van der Waals surface area contributed by atoms with Crippen molar-refractivity contribution < 1.29 is 47.6 Å². The summed E-state index contributed by atoms with van der Waals surface area (Å²) in [6.45, 7) is 47.4. The number of hydrogen-bond acceptors (Lipinski definition) is 15. The molecule has 4 aromatic carbocycles. The van der Waals surface area contributed by atoms with E-state index in [-0.39, 0.29) is 27.8 Å². The zero-order valence-electron chi connectivity index (χ0n) is 76.3. The molecule has 12 saturated heterocycles. The fourth-order valence-corrected chi connectivity index (χ4v) is 18.9. The van der Waals surface area contributed by atoms with E-state index in [1.165, 1.54) is 281 Å². The van der Waals surface area contributed by atoms with Gasteiger partial charge in [-0.25, -0.2) is 9.59 Å². The first-order valence-electron chi connectivity index (χ1n) is 47.6. The number of alkyl halides is 2. The average Bonchev–Trinajstić information content (AvgIpc) is 1.59. The number of carbonyl (C=O) groups is 3. The highest BCUT2D eigenvalue weighted by Crippen LogP contribution is 2.34. The van der Waals surface area contributed by atoms with Crippen molar-refractivity contribution in [1.82, 2.24) is 49.8 Å². The molecule has 12 aliphatic rings. The maximum atomic E-state index is 12.1. The Kier molecular flexibility index (Phi) is 52.8. The first kappa shape index (κ1) is 105. The molecular weight excluding hydrogens is 1530 g/mol. The van der Waals surface area contributed by atoms with Crippen molar-refractivity contribution >= 4 is 26.4 Å². The van der Waals surface area contributed by atoms with Crippen LogP contribution in [0.4, 0.5) is 13.6 Å². The second kappa shape index (κ2) is 61.1. The first-order chi connectivity index (χ1) is 58.3. The van der Waals surface area contributed by atoms with Gasteiger partial charge < -0.3 is 54.7 Å². The van der Waals surface area contributed by atoms with Crippen LogP contribution in [-0.2, 0) is 50.0 Å². The van der Waals surface area contributed by atoms with Gasteiger partial charge in [0, 0.05) is 154 Å². The summed E-state index contributed by atoms with van der Waals surface area (Å²) in [6.07, 6.45) is 29.2. The number of nitrogens with zero attached hydrogens (tertiary/aromatic N) is 8. The monoisotopic (exact) mass is 1700 g/mol. The standard InChI is InChI=1S/C22H34N2O2.C19H28N2O.C19H30N2.C17H26N2.C12H24N2.2C4H8O.C2H2F2O2.CH4O.CH4.B/c1-22(2,3)26-21(25)24-13-11-18(12-14-24)9-10-20-16-23(17-20)15-19-7-5-4-6-8-19;1-16(22)21-11-9-17(10-12-21)7-8-19-14-20(15-19)13-18-5-3-2-4-6-18;1-2-20-12-10-17(11-13-20)8-9-19-15-21(16-19)14-18-6-4-3-5-7-18;1-2-4-16(5-3-1)12-19-13-17(14-19)7-6-15-8-10-18-11-9-15;1-2-14-7-5-11(6-8-14)3-4-12-9-13-10-12;2*1-2-4-5-3-1;3-1(4)2(5)6;1-2;;/h4-8,18,20H,9-17H2,1-3H3;2-6,17,19H,7-15H2,1H3;3-7,17,19H,2,8-16H2,1H3;1-5,15,17-18H,6-14H2;11-13H,2-10H2,1H3;2*1-4H2;1H,(H,5,6);2H,1H3;1H4;. The van der Waals surface area contributed by atoms with Crippen LogP contribution in [0.15, 0.2) is 121 Å². The molecule has 0 aliphatic carbocycles. The van der Waals surface area contributed by atoms with Crippen LogP contribution in [-0.4, -0.2) is 265 Å². The van der Waals surface area contributed by atoms with Crippen LogP contribution in [0.3, 0.4) is 0 Å². The van der Waals surface area contributed by atoms with Gasteiger partial charge in [0.05, 0.1) is 0 Å². The Morgan fingerprint density at radius 3 is 0.885 bits per heavy atom. The van der Waals surface area contributed by atoms with E-state index in [0.717, 1.165) is 158 Å². The summed E-state index contributed by atoms with van der Waals surface area (Å²) < 4.78 is 36.5. The summed E-state index contributed by atoms with van der Waals surface area (Å²) in [6, 6.07) is 43.3. The second-order valence-corrected chi connectivity index (χ2v) is 37.7. The minimum Gasteiger partial charge on any atom is -0.477 e. The quantitative estimate of drug-likeness (QED) is 0.0438. The van der Waals surface area contributed by atoms with Crippen LogP contribution < -0.4 is 10.6 Å². The van der Waals surface area contributed by atoms with E-state index in [1.807, 2.05) is 30.6 Å². The average molecular weight is 1700 g/mol. The molecule has 0 unspecified atom stereocenters. The number of carboxylic acids is 1. The molecule has 18 nitrogen and oxygen atoms in total. The van der Waals surface area contributed by atoms with E-state index in [1.54, 1.807) is 6.92 Å². The van der Waals surface area contributed by atoms with Gasteiger partial charge >= 0.3 is 18.5 Å².